The van der Waals surface area contributed by atoms with Gasteiger partial charge in [0.1, 0.15) is 9.84 Å². The quantitative estimate of drug-likeness (QED) is 0.909. The van der Waals surface area contributed by atoms with Gasteiger partial charge in [0.15, 0.2) is 0 Å². The lowest BCUT2D eigenvalue weighted by Gasteiger charge is -2.33. The maximum atomic E-state index is 11.7. The van der Waals surface area contributed by atoms with E-state index in [4.69, 9.17) is 0 Å². The first kappa shape index (κ1) is 15.0. The zero-order valence-corrected chi connectivity index (χ0v) is 13.3. The lowest BCUT2D eigenvalue weighted by atomic mass is 9.82. The summed E-state index contributed by atoms with van der Waals surface area (Å²) in [6.45, 7) is 0. The maximum Gasteiger partial charge on any atom is 0.150 e. The molecule has 3 atom stereocenters. The van der Waals surface area contributed by atoms with Crippen LogP contribution in [0.15, 0.2) is 17.5 Å². The van der Waals surface area contributed by atoms with Gasteiger partial charge in [-0.3, -0.25) is 0 Å². The normalized spacial score (nSPS) is 26.2. The van der Waals surface area contributed by atoms with Crippen molar-refractivity contribution in [3.05, 3.63) is 22.4 Å². The van der Waals surface area contributed by atoms with Gasteiger partial charge in [-0.15, -0.1) is 11.3 Å². The highest BCUT2D eigenvalue weighted by Crippen LogP contribution is 2.32. The molecule has 1 aromatic heterocycles. The Bertz CT molecular complexity index is 482. The molecule has 0 bridgehead atoms. The van der Waals surface area contributed by atoms with Crippen LogP contribution in [0.4, 0.5) is 0 Å². The van der Waals surface area contributed by atoms with E-state index in [1.165, 1.54) is 11.1 Å². The van der Waals surface area contributed by atoms with Gasteiger partial charge in [0.05, 0.1) is 5.25 Å². The van der Waals surface area contributed by atoms with Crippen LogP contribution in [0.25, 0.3) is 0 Å². The molecular weight excluding hydrogens is 278 g/mol. The summed E-state index contributed by atoms with van der Waals surface area (Å²) in [6, 6.07) is 4.63. The Morgan fingerprint density at radius 2 is 2.26 bits per heavy atom. The fourth-order valence-electron chi connectivity index (χ4n) is 3.09. The molecule has 0 radical (unpaired) electrons. The van der Waals surface area contributed by atoms with Gasteiger partial charge in [-0.05, 0) is 50.1 Å². The lowest BCUT2D eigenvalue weighted by molar-refractivity contribution is 0.278. The smallest absolute Gasteiger partial charge is 0.150 e. The third-order valence-corrected chi connectivity index (χ3v) is 6.75. The summed E-state index contributed by atoms with van der Waals surface area (Å²) >= 11 is 1.78. The van der Waals surface area contributed by atoms with Crippen molar-refractivity contribution >= 4 is 21.2 Å². The summed E-state index contributed by atoms with van der Waals surface area (Å²) in [5.41, 5.74) is 0. The molecule has 108 valence electrons. The summed E-state index contributed by atoms with van der Waals surface area (Å²) in [7, 11) is -0.899. The largest absolute Gasteiger partial charge is 0.316 e. The minimum absolute atomic E-state index is 0.134. The lowest BCUT2D eigenvalue weighted by Crippen LogP contribution is -2.40. The Morgan fingerprint density at radius 1 is 1.47 bits per heavy atom. The van der Waals surface area contributed by atoms with E-state index in [2.05, 4.69) is 22.8 Å². The third kappa shape index (κ3) is 4.04. The van der Waals surface area contributed by atoms with Gasteiger partial charge in [0, 0.05) is 17.2 Å². The van der Waals surface area contributed by atoms with E-state index < -0.39 is 9.84 Å². The van der Waals surface area contributed by atoms with Gasteiger partial charge in [-0.25, -0.2) is 8.42 Å². The number of sulfone groups is 1. The monoisotopic (exact) mass is 301 g/mol. The van der Waals surface area contributed by atoms with Crippen molar-refractivity contribution in [2.45, 2.75) is 43.4 Å². The van der Waals surface area contributed by atoms with E-state index in [9.17, 15) is 8.42 Å². The van der Waals surface area contributed by atoms with Crippen molar-refractivity contribution < 1.29 is 8.42 Å². The molecule has 2 rings (SSSR count). The summed E-state index contributed by atoms with van der Waals surface area (Å²) in [6.07, 6.45) is 6.22. The molecule has 1 aliphatic rings. The highest BCUT2D eigenvalue weighted by atomic mass is 32.2. The van der Waals surface area contributed by atoms with Crippen molar-refractivity contribution in [2.24, 2.45) is 5.92 Å². The van der Waals surface area contributed by atoms with Crippen LogP contribution in [0.3, 0.4) is 0 Å². The van der Waals surface area contributed by atoms with Gasteiger partial charge < -0.3 is 5.32 Å². The predicted molar refractivity (Wildman–Crippen MR) is 81.5 cm³/mol. The molecule has 1 fully saturated rings. The van der Waals surface area contributed by atoms with Crippen LogP contribution < -0.4 is 5.32 Å². The summed E-state index contributed by atoms with van der Waals surface area (Å²) < 4.78 is 23.5. The Balaban J connectivity index is 2.02. The number of hydrogen-bond donors (Lipinski definition) is 1. The average Bonchev–Trinajstić information content (AvgIpc) is 2.88. The van der Waals surface area contributed by atoms with Crippen molar-refractivity contribution in [1.82, 2.24) is 5.32 Å². The molecule has 3 nitrogen and oxygen atoms in total. The van der Waals surface area contributed by atoms with Gasteiger partial charge in [-0.2, -0.15) is 0 Å². The van der Waals surface area contributed by atoms with Crippen LogP contribution >= 0.6 is 11.3 Å². The molecule has 1 aromatic rings. The van der Waals surface area contributed by atoms with E-state index in [0.717, 1.165) is 32.1 Å². The highest BCUT2D eigenvalue weighted by Gasteiger charge is 2.32. The second kappa shape index (κ2) is 6.37. The molecule has 0 amide bonds. The fraction of sp³-hybridized carbons (Fsp3) is 0.714. The zero-order chi connectivity index (χ0) is 13.9. The molecular formula is C14H23NO2S2. The first-order valence-electron chi connectivity index (χ1n) is 6.89. The van der Waals surface area contributed by atoms with Crippen molar-refractivity contribution in [2.75, 3.05) is 13.3 Å². The summed E-state index contributed by atoms with van der Waals surface area (Å²) in [4.78, 5) is 1.38. The molecule has 1 heterocycles. The molecule has 3 unspecified atom stereocenters. The molecule has 1 saturated carbocycles. The Morgan fingerprint density at radius 3 is 2.84 bits per heavy atom. The standard InChI is InChI=1S/C14H23NO2S2/c1-15-14(10-12-6-4-8-18-12)11-5-3-7-13(9-11)19(2,16)17/h4,6,8,11,13-15H,3,5,7,9-10H2,1-2H3. The third-order valence-electron chi connectivity index (χ3n) is 4.21. The van der Waals surface area contributed by atoms with Gasteiger partial charge in [0.25, 0.3) is 0 Å². The zero-order valence-electron chi connectivity index (χ0n) is 11.6. The van der Waals surface area contributed by atoms with Crippen LogP contribution in [0, 0.1) is 5.92 Å². The van der Waals surface area contributed by atoms with Crippen LogP contribution in [-0.2, 0) is 16.3 Å². The number of likely N-dealkylation sites (N-methyl/N-ethyl adjacent to an activating group) is 1. The second-order valence-corrected chi connectivity index (χ2v) is 8.91. The van der Waals surface area contributed by atoms with E-state index in [1.54, 1.807) is 11.3 Å². The van der Waals surface area contributed by atoms with Crippen LogP contribution in [0.5, 0.6) is 0 Å². The molecule has 0 aliphatic heterocycles. The number of rotatable bonds is 5. The van der Waals surface area contributed by atoms with Crippen molar-refractivity contribution in [3.8, 4) is 0 Å². The number of hydrogen-bond acceptors (Lipinski definition) is 4. The molecule has 0 aromatic carbocycles. The molecule has 0 saturated heterocycles. The Hall–Kier alpha value is -0.390. The van der Waals surface area contributed by atoms with Gasteiger partial charge >= 0.3 is 0 Å². The molecule has 1 aliphatic carbocycles. The van der Waals surface area contributed by atoms with E-state index >= 15 is 0 Å². The summed E-state index contributed by atoms with van der Waals surface area (Å²) in [5.74, 6) is 0.473. The fourth-order valence-corrected chi connectivity index (χ4v) is 5.04. The SMILES string of the molecule is CNC(Cc1cccs1)C1CCCC(S(C)(=O)=O)C1. The molecule has 19 heavy (non-hydrogen) atoms. The molecule has 5 heteroatoms. The first-order valence-corrected chi connectivity index (χ1v) is 9.72. The highest BCUT2D eigenvalue weighted by molar-refractivity contribution is 7.91. The maximum absolute atomic E-state index is 11.7. The second-order valence-electron chi connectivity index (χ2n) is 5.56. The molecule has 0 spiro atoms. The Kier molecular flexibility index (Phi) is 5.03. The minimum atomic E-state index is -2.89. The number of nitrogens with one attached hydrogen (secondary N) is 1. The van der Waals surface area contributed by atoms with Crippen molar-refractivity contribution in [1.29, 1.82) is 0 Å². The Labute approximate surface area is 120 Å². The minimum Gasteiger partial charge on any atom is -0.316 e. The van der Waals surface area contributed by atoms with E-state index in [1.807, 2.05) is 7.05 Å². The average molecular weight is 301 g/mol. The van der Waals surface area contributed by atoms with Gasteiger partial charge in [-0.1, -0.05) is 12.5 Å². The van der Waals surface area contributed by atoms with Gasteiger partial charge in [0.2, 0.25) is 0 Å². The topological polar surface area (TPSA) is 46.2 Å². The summed E-state index contributed by atoms with van der Waals surface area (Å²) in [5, 5.41) is 5.36. The van der Waals surface area contributed by atoms with Crippen LogP contribution in [0.1, 0.15) is 30.6 Å². The van der Waals surface area contributed by atoms with E-state index in [-0.39, 0.29) is 5.25 Å². The van der Waals surface area contributed by atoms with Crippen LogP contribution in [-0.4, -0.2) is 33.0 Å². The predicted octanol–water partition coefficient (Wildman–Crippen LogP) is 2.48. The van der Waals surface area contributed by atoms with E-state index in [0.29, 0.717) is 12.0 Å². The molecule has 1 N–H and O–H groups in total. The number of thiophene rings is 1. The first-order chi connectivity index (χ1) is 9.00. The van der Waals surface area contributed by atoms with Crippen molar-refractivity contribution in [3.63, 3.8) is 0 Å². The van der Waals surface area contributed by atoms with Crippen LogP contribution in [0.2, 0.25) is 0 Å².